The molecule has 0 spiro atoms. The van der Waals surface area contributed by atoms with Crippen LogP contribution in [0.15, 0.2) is 47.4 Å². The lowest BCUT2D eigenvalue weighted by molar-refractivity contribution is 0.0696. The van der Waals surface area contributed by atoms with Crippen LogP contribution in [0.3, 0.4) is 0 Å². The van der Waals surface area contributed by atoms with Crippen LogP contribution in [0.4, 0.5) is 10.1 Å². The number of anilines is 1. The molecule has 0 aliphatic rings. The zero-order valence-electron chi connectivity index (χ0n) is 11.0. The average molecular weight is 309 g/mol. The van der Waals surface area contributed by atoms with Crippen LogP contribution in [0.1, 0.15) is 15.9 Å². The van der Waals surface area contributed by atoms with Crippen molar-refractivity contribution in [3.63, 3.8) is 0 Å². The largest absolute Gasteiger partial charge is 0.478 e. The Balaban J connectivity index is 2.35. The van der Waals surface area contributed by atoms with Crippen LogP contribution in [0.5, 0.6) is 0 Å². The van der Waals surface area contributed by atoms with E-state index in [1.165, 1.54) is 0 Å². The highest BCUT2D eigenvalue weighted by Gasteiger charge is 2.20. The predicted octanol–water partition coefficient (Wildman–Crippen LogP) is 2.63. The van der Waals surface area contributed by atoms with Crippen LogP contribution in [-0.4, -0.2) is 19.5 Å². The highest BCUT2D eigenvalue weighted by Crippen LogP contribution is 2.20. The summed E-state index contributed by atoms with van der Waals surface area (Å²) in [7, 11) is -4.12. The molecule has 0 aliphatic heterocycles. The van der Waals surface area contributed by atoms with Crippen molar-refractivity contribution in [2.24, 2.45) is 0 Å². The molecule has 5 nitrogen and oxygen atoms in total. The summed E-state index contributed by atoms with van der Waals surface area (Å²) in [5.41, 5.74) is 0.930. The van der Waals surface area contributed by atoms with Crippen molar-refractivity contribution in [3.05, 3.63) is 59.4 Å². The van der Waals surface area contributed by atoms with E-state index < -0.39 is 26.7 Å². The maximum Gasteiger partial charge on any atom is 0.335 e. The molecule has 0 amide bonds. The molecule has 0 aromatic heterocycles. The van der Waals surface area contributed by atoms with Gasteiger partial charge in [-0.1, -0.05) is 17.7 Å². The van der Waals surface area contributed by atoms with Crippen molar-refractivity contribution in [2.45, 2.75) is 11.8 Å². The molecule has 0 bridgehead atoms. The van der Waals surface area contributed by atoms with Gasteiger partial charge in [-0.25, -0.2) is 17.6 Å². The Morgan fingerprint density at radius 3 is 2.29 bits per heavy atom. The van der Waals surface area contributed by atoms with E-state index in [4.69, 9.17) is 5.11 Å². The predicted molar refractivity (Wildman–Crippen MR) is 75.3 cm³/mol. The van der Waals surface area contributed by atoms with Gasteiger partial charge in [0, 0.05) is 5.69 Å². The number of sulfonamides is 1. The molecule has 0 atom stereocenters. The van der Waals surface area contributed by atoms with E-state index in [1.54, 1.807) is 24.3 Å². The van der Waals surface area contributed by atoms with Gasteiger partial charge in [0.1, 0.15) is 10.7 Å². The zero-order chi connectivity index (χ0) is 15.6. The Kier molecular flexibility index (Phi) is 3.95. The summed E-state index contributed by atoms with van der Waals surface area (Å²) in [5, 5.41) is 8.73. The lowest BCUT2D eigenvalue weighted by Crippen LogP contribution is -2.15. The monoisotopic (exact) mass is 309 g/mol. The van der Waals surface area contributed by atoms with Crippen molar-refractivity contribution in [1.29, 1.82) is 0 Å². The summed E-state index contributed by atoms with van der Waals surface area (Å²) in [6, 6.07) is 9.16. The second-order valence-electron chi connectivity index (χ2n) is 4.42. The minimum absolute atomic E-state index is 0.294. The van der Waals surface area contributed by atoms with Gasteiger partial charge >= 0.3 is 5.97 Å². The molecule has 110 valence electrons. The van der Waals surface area contributed by atoms with E-state index >= 15 is 0 Å². The smallest absolute Gasteiger partial charge is 0.335 e. The van der Waals surface area contributed by atoms with Gasteiger partial charge in [-0.3, -0.25) is 4.72 Å². The summed E-state index contributed by atoms with van der Waals surface area (Å²) in [4.78, 5) is 10.1. The second-order valence-corrected chi connectivity index (χ2v) is 6.07. The van der Waals surface area contributed by atoms with Crippen LogP contribution in [0, 0.1) is 12.7 Å². The number of nitrogens with one attached hydrogen (secondary N) is 1. The number of benzene rings is 2. The summed E-state index contributed by atoms with van der Waals surface area (Å²) in [6.45, 7) is 1.85. The Morgan fingerprint density at radius 2 is 1.76 bits per heavy atom. The van der Waals surface area contributed by atoms with Gasteiger partial charge in [0.15, 0.2) is 0 Å². The lowest BCUT2D eigenvalue weighted by Gasteiger charge is -2.09. The van der Waals surface area contributed by atoms with Gasteiger partial charge < -0.3 is 5.11 Å². The number of carboxylic acids is 1. The minimum Gasteiger partial charge on any atom is -0.478 e. The fraction of sp³-hybridized carbons (Fsp3) is 0.0714. The maximum absolute atomic E-state index is 13.8. The fourth-order valence-electron chi connectivity index (χ4n) is 1.68. The van der Waals surface area contributed by atoms with E-state index in [9.17, 15) is 17.6 Å². The van der Waals surface area contributed by atoms with Crippen molar-refractivity contribution in [2.75, 3.05) is 4.72 Å². The summed E-state index contributed by atoms with van der Waals surface area (Å²) >= 11 is 0. The topological polar surface area (TPSA) is 83.5 Å². The van der Waals surface area contributed by atoms with E-state index in [1.807, 2.05) is 6.92 Å². The zero-order valence-corrected chi connectivity index (χ0v) is 11.8. The van der Waals surface area contributed by atoms with Crippen molar-refractivity contribution < 1.29 is 22.7 Å². The highest BCUT2D eigenvalue weighted by molar-refractivity contribution is 7.92. The summed E-state index contributed by atoms with van der Waals surface area (Å²) in [5.74, 6) is -2.45. The Morgan fingerprint density at radius 1 is 1.14 bits per heavy atom. The van der Waals surface area contributed by atoms with Crippen molar-refractivity contribution in [1.82, 2.24) is 0 Å². The highest BCUT2D eigenvalue weighted by atomic mass is 32.2. The van der Waals surface area contributed by atoms with Crippen LogP contribution in [-0.2, 0) is 10.0 Å². The molecule has 21 heavy (non-hydrogen) atoms. The first-order chi connectivity index (χ1) is 9.79. The second kappa shape index (κ2) is 5.53. The average Bonchev–Trinajstić information content (AvgIpc) is 2.40. The van der Waals surface area contributed by atoms with Gasteiger partial charge in [-0.05, 0) is 37.3 Å². The number of hydrogen-bond donors (Lipinski definition) is 2. The quantitative estimate of drug-likeness (QED) is 0.909. The SMILES string of the molecule is Cc1ccc(NS(=O)(=O)c2ccc(C(=O)O)cc2F)cc1. The third-order valence-electron chi connectivity index (χ3n) is 2.77. The standard InChI is InChI=1S/C14H12FNO4S/c1-9-2-5-11(6-3-9)16-21(19,20)13-7-4-10(14(17)18)8-12(13)15/h2-8,16H,1H3,(H,17,18). The van der Waals surface area contributed by atoms with Crippen molar-refractivity contribution >= 4 is 21.7 Å². The van der Waals surface area contributed by atoms with E-state index in [0.29, 0.717) is 11.8 Å². The maximum atomic E-state index is 13.8. The van der Waals surface area contributed by atoms with Gasteiger partial charge in [0.05, 0.1) is 5.56 Å². The molecular weight excluding hydrogens is 297 g/mol. The number of rotatable bonds is 4. The molecule has 0 unspecified atom stereocenters. The number of hydrogen-bond acceptors (Lipinski definition) is 3. The Bertz CT molecular complexity index is 785. The van der Waals surface area contributed by atoms with Crippen LogP contribution < -0.4 is 4.72 Å². The van der Waals surface area contributed by atoms with E-state index in [-0.39, 0.29) is 5.56 Å². The number of aryl methyl sites for hydroxylation is 1. The molecule has 0 radical (unpaired) electrons. The molecule has 2 aromatic carbocycles. The molecule has 7 heteroatoms. The third kappa shape index (κ3) is 3.38. The molecule has 2 N–H and O–H groups in total. The third-order valence-corrected chi connectivity index (χ3v) is 4.19. The van der Waals surface area contributed by atoms with Gasteiger partial charge in [-0.2, -0.15) is 0 Å². The first-order valence-corrected chi connectivity index (χ1v) is 7.40. The van der Waals surface area contributed by atoms with Gasteiger partial charge in [0.25, 0.3) is 10.0 Å². The first-order valence-electron chi connectivity index (χ1n) is 5.92. The molecule has 0 saturated carbocycles. The molecule has 0 fully saturated rings. The number of halogens is 1. The lowest BCUT2D eigenvalue weighted by atomic mass is 10.2. The van der Waals surface area contributed by atoms with Crippen LogP contribution >= 0.6 is 0 Å². The normalized spacial score (nSPS) is 11.1. The molecular formula is C14H12FNO4S. The van der Waals surface area contributed by atoms with E-state index in [0.717, 1.165) is 17.7 Å². The van der Waals surface area contributed by atoms with Crippen LogP contribution in [0.25, 0.3) is 0 Å². The molecule has 2 rings (SSSR count). The molecule has 0 aliphatic carbocycles. The van der Waals surface area contributed by atoms with Gasteiger partial charge in [-0.15, -0.1) is 0 Å². The van der Waals surface area contributed by atoms with Crippen LogP contribution in [0.2, 0.25) is 0 Å². The first kappa shape index (κ1) is 15.0. The van der Waals surface area contributed by atoms with Crippen molar-refractivity contribution in [3.8, 4) is 0 Å². The Hall–Kier alpha value is -2.41. The number of carboxylic acid groups (broad SMARTS) is 1. The minimum atomic E-state index is -4.12. The summed E-state index contributed by atoms with van der Waals surface area (Å²) in [6.07, 6.45) is 0. The number of carbonyl (C=O) groups is 1. The Labute approximate surface area is 121 Å². The van der Waals surface area contributed by atoms with Gasteiger partial charge in [0.2, 0.25) is 0 Å². The van der Waals surface area contributed by atoms with E-state index in [2.05, 4.69) is 4.72 Å². The summed E-state index contributed by atoms with van der Waals surface area (Å²) < 4.78 is 40.2. The fourth-order valence-corrected chi connectivity index (χ4v) is 2.80. The molecule has 0 saturated heterocycles. The molecule has 2 aromatic rings. The number of aromatic carboxylic acids is 1. The molecule has 0 heterocycles.